The van der Waals surface area contributed by atoms with Crippen molar-refractivity contribution >= 4 is 5.91 Å². The number of amides is 1. The van der Waals surface area contributed by atoms with Crippen LogP contribution in [0.15, 0.2) is 24.3 Å². The zero-order chi connectivity index (χ0) is 12.7. The van der Waals surface area contributed by atoms with Crippen LogP contribution in [0.4, 0.5) is 4.39 Å². The molecule has 0 saturated heterocycles. The third-order valence-electron chi connectivity index (χ3n) is 2.51. The maximum Gasteiger partial charge on any atom is 0.254 e. The number of aliphatic hydroxyl groups is 1. The molecule has 4 heteroatoms. The highest BCUT2D eigenvalue weighted by molar-refractivity contribution is 5.94. The van der Waals surface area contributed by atoms with Gasteiger partial charge >= 0.3 is 0 Å². The van der Waals surface area contributed by atoms with Crippen LogP contribution < -0.4 is 0 Å². The molecule has 0 spiro atoms. The van der Waals surface area contributed by atoms with Gasteiger partial charge in [-0.1, -0.05) is 19.4 Å². The zero-order valence-electron chi connectivity index (χ0n) is 10.0. The van der Waals surface area contributed by atoms with Crippen molar-refractivity contribution in [3.8, 4) is 0 Å². The molecule has 0 atom stereocenters. The van der Waals surface area contributed by atoms with Gasteiger partial charge in [-0.25, -0.2) is 4.39 Å². The summed E-state index contributed by atoms with van der Waals surface area (Å²) in [6, 6.07) is 5.62. The van der Waals surface area contributed by atoms with Crippen LogP contribution in [0.2, 0.25) is 0 Å². The van der Waals surface area contributed by atoms with Crippen molar-refractivity contribution in [2.75, 3.05) is 19.7 Å². The van der Waals surface area contributed by atoms with Crippen LogP contribution in [0.25, 0.3) is 0 Å². The van der Waals surface area contributed by atoms with Gasteiger partial charge < -0.3 is 10.0 Å². The van der Waals surface area contributed by atoms with Gasteiger partial charge in [-0.3, -0.25) is 4.79 Å². The van der Waals surface area contributed by atoms with Crippen LogP contribution in [0.3, 0.4) is 0 Å². The molecule has 17 heavy (non-hydrogen) atoms. The molecule has 94 valence electrons. The summed E-state index contributed by atoms with van der Waals surface area (Å²) in [5.74, 6) is -0.651. The van der Waals surface area contributed by atoms with Gasteiger partial charge in [0, 0.05) is 18.7 Å². The van der Waals surface area contributed by atoms with Gasteiger partial charge in [-0.05, 0) is 24.6 Å². The Balaban J connectivity index is 2.76. The number of benzene rings is 1. The summed E-state index contributed by atoms with van der Waals surface area (Å²) in [5.41, 5.74) is 0.328. The molecule has 1 rings (SSSR count). The lowest BCUT2D eigenvalue weighted by molar-refractivity contribution is 0.0719. The highest BCUT2D eigenvalue weighted by atomic mass is 19.1. The fourth-order valence-corrected chi connectivity index (χ4v) is 1.59. The van der Waals surface area contributed by atoms with Crippen molar-refractivity contribution in [1.29, 1.82) is 0 Å². The predicted octanol–water partition coefficient (Wildman–Crippen LogP) is 2.06. The highest BCUT2D eigenvalue weighted by Gasteiger charge is 2.14. The number of carbonyl (C=O) groups is 1. The first kappa shape index (κ1) is 13.6. The van der Waals surface area contributed by atoms with E-state index in [1.165, 1.54) is 18.2 Å². The van der Waals surface area contributed by atoms with Crippen molar-refractivity contribution in [3.63, 3.8) is 0 Å². The standard InChI is InChI=1S/C13H18FNO2/c1-2-3-7-15(8-9-16)13(17)11-5-4-6-12(14)10-11/h4-6,10,16H,2-3,7-9H2,1H3. The highest BCUT2D eigenvalue weighted by Crippen LogP contribution is 2.08. The van der Waals surface area contributed by atoms with E-state index in [0.717, 1.165) is 12.8 Å². The molecular weight excluding hydrogens is 221 g/mol. The molecule has 1 amide bonds. The summed E-state index contributed by atoms with van der Waals surface area (Å²) in [5, 5.41) is 8.92. The minimum absolute atomic E-state index is 0.0786. The monoisotopic (exact) mass is 239 g/mol. The van der Waals surface area contributed by atoms with Crippen LogP contribution in [0.5, 0.6) is 0 Å². The second-order valence-corrected chi connectivity index (χ2v) is 3.88. The lowest BCUT2D eigenvalue weighted by Crippen LogP contribution is -2.34. The average molecular weight is 239 g/mol. The maximum atomic E-state index is 13.0. The molecule has 1 N–H and O–H groups in total. The lowest BCUT2D eigenvalue weighted by atomic mass is 10.2. The van der Waals surface area contributed by atoms with Crippen molar-refractivity contribution in [2.24, 2.45) is 0 Å². The third kappa shape index (κ3) is 4.15. The SMILES string of the molecule is CCCCN(CCO)C(=O)c1cccc(F)c1. The van der Waals surface area contributed by atoms with E-state index in [1.54, 1.807) is 11.0 Å². The van der Waals surface area contributed by atoms with Crippen LogP contribution in [0, 0.1) is 5.82 Å². The van der Waals surface area contributed by atoms with E-state index in [1.807, 2.05) is 6.92 Å². The molecule has 0 aliphatic carbocycles. The normalized spacial score (nSPS) is 10.3. The second-order valence-electron chi connectivity index (χ2n) is 3.88. The first-order valence-corrected chi connectivity index (χ1v) is 5.84. The Labute approximate surface area is 101 Å². The van der Waals surface area contributed by atoms with Gasteiger partial charge in [0.05, 0.1) is 6.61 Å². The largest absolute Gasteiger partial charge is 0.395 e. The molecule has 1 aromatic carbocycles. The molecule has 3 nitrogen and oxygen atoms in total. The Hall–Kier alpha value is -1.42. The van der Waals surface area contributed by atoms with Gasteiger partial charge in [0.2, 0.25) is 0 Å². The third-order valence-corrected chi connectivity index (χ3v) is 2.51. The summed E-state index contributed by atoms with van der Waals surface area (Å²) in [6.07, 6.45) is 1.85. The fourth-order valence-electron chi connectivity index (χ4n) is 1.59. The van der Waals surface area contributed by atoms with E-state index in [4.69, 9.17) is 5.11 Å². The Morgan fingerprint density at radius 1 is 1.41 bits per heavy atom. The molecule has 0 aliphatic rings. The van der Waals surface area contributed by atoms with Gasteiger partial charge in [-0.15, -0.1) is 0 Å². The van der Waals surface area contributed by atoms with E-state index >= 15 is 0 Å². The van der Waals surface area contributed by atoms with Crippen LogP contribution in [0.1, 0.15) is 30.1 Å². The van der Waals surface area contributed by atoms with Crippen molar-refractivity contribution in [2.45, 2.75) is 19.8 Å². The van der Waals surface area contributed by atoms with E-state index in [2.05, 4.69) is 0 Å². The Morgan fingerprint density at radius 3 is 2.76 bits per heavy atom. The molecule has 0 heterocycles. The molecule has 0 radical (unpaired) electrons. The quantitative estimate of drug-likeness (QED) is 0.825. The van der Waals surface area contributed by atoms with E-state index in [0.29, 0.717) is 12.1 Å². The molecular formula is C13H18FNO2. The van der Waals surface area contributed by atoms with Crippen LogP contribution in [-0.2, 0) is 0 Å². The second kappa shape index (κ2) is 7.01. The number of hydrogen-bond donors (Lipinski definition) is 1. The Bertz CT molecular complexity index is 368. The fraction of sp³-hybridized carbons (Fsp3) is 0.462. The minimum atomic E-state index is -0.421. The maximum absolute atomic E-state index is 13.0. The molecule has 0 unspecified atom stereocenters. The smallest absolute Gasteiger partial charge is 0.254 e. The van der Waals surface area contributed by atoms with Crippen molar-refractivity contribution in [3.05, 3.63) is 35.6 Å². The summed E-state index contributed by atoms with van der Waals surface area (Å²) in [6.45, 7) is 2.83. The molecule has 0 aliphatic heterocycles. The zero-order valence-corrected chi connectivity index (χ0v) is 10.0. The number of carbonyl (C=O) groups excluding carboxylic acids is 1. The van der Waals surface area contributed by atoms with Gasteiger partial charge in [0.15, 0.2) is 0 Å². The number of aliphatic hydroxyl groups excluding tert-OH is 1. The van der Waals surface area contributed by atoms with Gasteiger partial charge in [-0.2, -0.15) is 0 Å². The molecule has 0 fully saturated rings. The number of nitrogens with zero attached hydrogens (tertiary/aromatic N) is 1. The van der Waals surface area contributed by atoms with Gasteiger partial charge in [0.25, 0.3) is 5.91 Å². The van der Waals surface area contributed by atoms with E-state index in [9.17, 15) is 9.18 Å². The number of rotatable bonds is 6. The minimum Gasteiger partial charge on any atom is -0.395 e. The topological polar surface area (TPSA) is 40.5 Å². The first-order chi connectivity index (χ1) is 8.19. The Morgan fingerprint density at radius 2 is 2.18 bits per heavy atom. The average Bonchev–Trinajstić information content (AvgIpc) is 2.33. The first-order valence-electron chi connectivity index (χ1n) is 5.84. The Kier molecular flexibility index (Phi) is 5.63. The van der Waals surface area contributed by atoms with E-state index < -0.39 is 5.82 Å². The summed E-state index contributed by atoms with van der Waals surface area (Å²) >= 11 is 0. The number of unbranched alkanes of at least 4 members (excludes halogenated alkanes) is 1. The predicted molar refractivity (Wildman–Crippen MR) is 64.3 cm³/mol. The van der Waals surface area contributed by atoms with Crippen molar-refractivity contribution in [1.82, 2.24) is 4.90 Å². The molecule has 0 saturated carbocycles. The van der Waals surface area contributed by atoms with Gasteiger partial charge in [0.1, 0.15) is 5.82 Å². The van der Waals surface area contributed by atoms with Crippen molar-refractivity contribution < 1.29 is 14.3 Å². The summed E-state index contributed by atoms with van der Waals surface area (Å²) < 4.78 is 13.0. The lowest BCUT2D eigenvalue weighted by Gasteiger charge is -2.21. The number of halogens is 1. The van der Waals surface area contributed by atoms with Crippen LogP contribution in [-0.4, -0.2) is 35.6 Å². The molecule has 1 aromatic rings. The molecule has 0 bridgehead atoms. The molecule has 0 aromatic heterocycles. The van der Waals surface area contributed by atoms with E-state index in [-0.39, 0.29) is 19.1 Å². The van der Waals surface area contributed by atoms with Crippen LogP contribution >= 0.6 is 0 Å². The summed E-state index contributed by atoms with van der Waals surface area (Å²) in [7, 11) is 0. The number of hydrogen-bond acceptors (Lipinski definition) is 2. The summed E-state index contributed by atoms with van der Waals surface area (Å²) in [4.78, 5) is 13.6.